The van der Waals surface area contributed by atoms with Crippen molar-refractivity contribution >= 4 is 33.9 Å². The van der Waals surface area contributed by atoms with E-state index in [-0.39, 0.29) is 0 Å². The summed E-state index contributed by atoms with van der Waals surface area (Å²) in [5.41, 5.74) is 5.05. The van der Waals surface area contributed by atoms with Gasteiger partial charge in [0.1, 0.15) is 5.69 Å². The number of pyridine rings is 1. The van der Waals surface area contributed by atoms with E-state index < -0.39 is 11.6 Å². The Hall–Kier alpha value is -3.84. The average molecular weight is 448 g/mol. The first-order chi connectivity index (χ1) is 15.5. The van der Waals surface area contributed by atoms with Crippen LogP contribution in [0.4, 0.5) is 20.2 Å². The van der Waals surface area contributed by atoms with Crippen molar-refractivity contribution in [1.82, 2.24) is 20.0 Å². The van der Waals surface area contributed by atoms with Gasteiger partial charge in [0.25, 0.3) is 0 Å². The minimum absolute atomic E-state index is 0.367. The lowest BCUT2D eigenvalue weighted by molar-refractivity contribution is 0.507. The highest BCUT2D eigenvalue weighted by Crippen LogP contribution is 2.29. The summed E-state index contributed by atoms with van der Waals surface area (Å²) in [5.74, 6) is -1.86. The lowest BCUT2D eigenvalue weighted by Crippen LogP contribution is -1.96. The summed E-state index contributed by atoms with van der Waals surface area (Å²) in [7, 11) is 0. The Morgan fingerprint density at radius 3 is 2.59 bits per heavy atom. The Kier molecular flexibility index (Phi) is 5.03. The number of anilines is 2. The van der Waals surface area contributed by atoms with E-state index in [1.54, 1.807) is 6.20 Å². The maximum Gasteiger partial charge on any atom is 0.160 e. The highest BCUT2D eigenvalue weighted by atomic mass is 35.5. The second kappa shape index (κ2) is 8.01. The van der Waals surface area contributed by atoms with Crippen LogP contribution in [0.1, 0.15) is 5.56 Å². The van der Waals surface area contributed by atoms with Crippen molar-refractivity contribution < 1.29 is 8.78 Å². The molecule has 0 unspecified atom stereocenters. The van der Waals surface area contributed by atoms with Crippen molar-refractivity contribution in [3.8, 4) is 17.1 Å². The first-order valence-corrected chi connectivity index (χ1v) is 10.2. The first-order valence-electron chi connectivity index (χ1n) is 9.79. The molecular formula is C24H16ClF2N5. The molecule has 0 bridgehead atoms. The normalized spacial score (nSPS) is 11.1. The molecule has 5 rings (SSSR count). The number of benzene rings is 3. The van der Waals surface area contributed by atoms with Gasteiger partial charge in [-0.05, 0) is 61.0 Å². The maximum absolute atomic E-state index is 13.5. The van der Waals surface area contributed by atoms with E-state index in [9.17, 15) is 8.78 Å². The minimum Gasteiger partial charge on any atom is -0.355 e. The molecule has 0 atom stereocenters. The molecule has 0 aliphatic heterocycles. The zero-order valence-electron chi connectivity index (χ0n) is 16.9. The van der Waals surface area contributed by atoms with Crippen molar-refractivity contribution in [2.45, 2.75) is 6.92 Å². The first kappa shape index (κ1) is 20.1. The van der Waals surface area contributed by atoms with Gasteiger partial charge in [0.2, 0.25) is 0 Å². The molecule has 5 aromatic rings. The van der Waals surface area contributed by atoms with Crippen LogP contribution in [-0.2, 0) is 0 Å². The van der Waals surface area contributed by atoms with E-state index in [1.807, 2.05) is 55.5 Å². The van der Waals surface area contributed by atoms with E-state index in [0.717, 1.165) is 40.0 Å². The SMILES string of the molecule is Cc1ccc(Nc2cccc3nc(-c4cn(-c5ccc(F)c(F)c5)nn4)ccc23)cc1Cl. The van der Waals surface area contributed by atoms with Gasteiger partial charge in [-0.25, -0.2) is 18.4 Å². The molecule has 8 heteroatoms. The minimum atomic E-state index is -0.946. The van der Waals surface area contributed by atoms with Gasteiger partial charge in [-0.3, -0.25) is 0 Å². The van der Waals surface area contributed by atoms with E-state index in [1.165, 1.54) is 10.7 Å². The van der Waals surface area contributed by atoms with Crippen molar-refractivity contribution in [1.29, 1.82) is 0 Å². The molecule has 0 aliphatic rings. The monoisotopic (exact) mass is 447 g/mol. The standard InChI is InChI=1S/C24H16ClF2N5/c1-14-5-6-15(11-18(14)25)28-21-3-2-4-22-17(21)8-10-23(29-22)24-13-32(31-30-24)16-7-9-19(26)20(27)12-16/h2-13,28H,1H3. The van der Waals surface area contributed by atoms with Crippen LogP contribution in [0.5, 0.6) is 0 Å². The van der Waals surface area contributed by atoms with Crippen molar-refractivity contribution in [2.75, 3.05) is 5.32 Å². The van der Waals surface area contributed by atoms with Crippen LogP contribution in [0, 0.1) is 18.6 Å². The number of nitrogens with zero attached hydrogens (tertiary/aromatic N) is 4. The summed E-state index contributed by atoms with van der Waals surface area (Å²) in [4.78, 5) is 4.70. The summed E-state index contributed by atoms with van der Waals surface area (Å²) in [6.45, 7) is 1.96. The number of aromatic nitrogens is 4. The number of hydrogen-bond acceptors (Lipinski definition) is 4. The lowest BCUT2D eigenvalue weighted by atomic mass is 10.1. The molecule has 2 aromatic heterocycles. The van der Waals surface area contributed by atoms with E-state index in [2.05, 4.69) is 15.6 Å². The highest BCUT2D eigenvalue weighted by Gasteiger charge is 2.11. The van der Waals surface area contributed by atoms with Gasteiger partial charge in [-0.15, -0.1) is 5.10 Å². The summed E-state index contributed by atoms with van der Waals surface area (Å²) in [6, 6.07) is 18.9. The Bertz CT molecular complexity index is 1460. The zero-order valence-corrected chi connectivity index (χ0v) is 17.6. The number of halogens is 3. The molecule has 0 aliphatic carbocycles. The van der Waals surface area contributed by atoms with Crippen LogP contribution in [0.15, 0.2) is 72.9 Å². The number of rotatable bonds is 4. The molecule has 1 N–H and O–H groups in total. The van der Waals surface area contributed by atoms with Gasteiger partial charge in [-0.2, -0.15) is 0 Å². The Morgan fingerprint density at radius 2 is 1.78 bits per heavy atom. The Labute approximate surface area is 187 Å². The van der Waals surface area contributed by atoms with Crippen LogP contribution < -0.4 is 5.32 Å². The molecule has 2 heterocycles. The molecule has 158 valence electrons. The van der Waals surface area contributed by atoms with Crippen LogP contribution in [-0.4, -0.2) is 20.0 Å². The summed E-state index contributed by atoms with van der Waals surface area (Å²) in [5, 5.41) is 13.2. The fourth-order valence-electron chi connectivity index (χ4n) is 3.37. The Balaban J connectivity index is 1.47. The maximum atomic E-state index is 13.5. The molecule has 5 nitrogen and oxygen atoms in total. The Morgan fingerprint density at radius 1 is 0.906 bits per heavy atom. The van der Waals surface area contributed by atoms with E-state index in [0.29, 0.717) is 22.1 Å². The third-order valence-electron chi connectivity index (χ3n) is 5.11. The molecule has 32 heavy (non-hydrogen) atoms. The van der Waals surface area contributed by atoms with Gasteiger partial charge in [0, 0.05) is 27.8 Å². The molecule has 0 radical (unpaired) electrons. The summed E-state index contributed by atoms with van der Waals surface area (Å²) >= 11 is 6.24. The quantitative estimate of drug-likeness (QED) is 0.343. The lowest BCUT2D eigenvalue weighted by Gasteiger charge is -2.11. The van der Waals surface area contributed by atoms with Gasteiger partial charge < -0.3 is 5.32 Å². The van der Waals surface area contributed by atoms with Crippen LogP contribution in [0.3, 0.4) is 0 Å². The number of fused-ring (bicyclic) bond motifs is 1. The predicted molar refractivity (Wildman–Crippen MR) is 121 cm³/mol. The van der Waals surface area contributed by atoms with E-state index >= 15 is 0 Å². The number of nitrogens with one attached hydrogen (secondary N) is 1. The second-order valence-electron chi connectivity index (χ2n) is 7.30. The molecular weight excluding hydrogens is 432 g/mol. The third-order valence-corrected chi connectivity index (χ3v) is 5.51. The molecule has 0 amide bonds. The van der Waals surface area contributed by atoms with E-state index in [4.69, 9.17) is 16.6 Å². The van der Waals surface area contributed by atoms with Gasteiger partial charge in [0.05, 0.1) is 23.1 Å². The van der Waals surface area contributed by atoms with Crippen LogP contribution >= 0.6 is 11.6 Å². The largest absolute Gasteiger partial charge is 0.355 e. The zero-order chi connectivity index (χ0) is 22.2. The summed E-state index contributed by atoms with van der Waals surface area (Å²) in [6.07, 6.45) is 1.62. The van der Waals surface area contributed by atoms with Gasteiger partial charge in [-0.1, -0.05) is 28.9 Å². The van der Waals surface area contributed by atoms with Crippen LogP contribution in [0.25, 0.3) is 28.0 Å². The summed E-state index contributed by atoms with van der Waals surface area (Å²) < 4.78 is 28.1. The number of aryl methyl sites for hydroxylation is 1. The predicted octanol–water partition coefficient (Wildman–Crippen LogP) is 6.47. The fraction of sp³-hybridized carbons (Fsp3) is 0.0417. The van der Waals surface area contributed by atoms with Crippen molar-refractivity contribution in [3.05, 3.63) is 95.1 Å². The van der Waals surface area contributed by atoms with Crippen molar-refractivity contribution in [3.63, 3.8) is 0 Å². The average Bonchev–Trinajstić information content (AvgIpc) is 3.28. The molecule has 0 spiro atoms. The second-order valence-corrected chi connectivity index (χ2v) is 7.71. The van der Waals surface area contributed by atoms with Gasteiger partial charge in [0.15, 0.2) is 11.6 Å². The third kappa shape index (κ3) is 3.78. The smallest absolute Gasteiger partial charge is 0.160 e. The van der Waals surface area contributed by atoms with Gasteiger partial charge >= 0.3 is 0 Å². The highest BCUT2D eigenvalue weighted by molar-refractivity contribution is 6.31. The molecule has 0 fully saturated rings. The topological polar surface area (TPSA) is 55.6 Å². The van der Waals surface area contributed by atoms with Crippen molar-refractivity contribution in [2.24, 2.45) is 0 Å². The van der Waals surface area contributed by atoms with Crippen LogP contribution in [0.2, 0.25) is 5.02 Å². The fourth-order valence-corrected chi connectivity index (χ4v) is 3.55. The number of hydrogen-bond donors (Lipinski definition) is 1. The molecule has 3 aromatic carbocycles. The molecule has 0 saturated heterocycles. The molecule has 0 saturated carbocycles.